The van der Waals surface area contributed by atoms with Crippen molar-refractivity contribution in [2.75, 3.05) is 26.2 Å². The van der Waals surface area contributed by atoms with Gasteiger partial charge in [0.15, 0.2) is 0 Å². The van der Waals surface area contributed by atoms with Gasteiger partial charge in [-0.3, -0.25) is 4.79 Å². The van der Waals surface area contributed by atoms with E-state index in [1.54, 1.807) is 0 Å². The van der Waals surface area contributed by atoms with Crippen molar-refractivity contribution < 1.29 is 9.53 Å². The summed E-state index contributed by atoms with van der Waals surface area (Å²) in [5.41, 5.74) is 0. The van der Waals surface area contributed by atoms with Crippen LogP contribution in [0.25, 0.3) is 0 Å². The predicted molar refractivity (Wildman–Crippen MR) is 71.4 cm³/mol. The number of hydrogen-bond donors (Lipinski definition) is 2. The van der Waals surface area contributed by atoms with Crippen LogP contribution in [0.5, 0.6) is 0 Å². The third kappa shape index (κ3) is 4.58. The first kappa shape index (κ1) is 13.8. The van der Waals surface area contributed by atoms with E-state index in [1.165, 1.54) is 38.5 Å². The third-order valence-electron chi connectivity index (χ3n) is 3.99. The van der Waals surface area contributed by atoms with Gasteiger partial charge >= 0.3 is 0 Å². The lowest BCUT2D eigenvalue weighted by atomic mass is 10.1. The Balaban J connectivity index is 1.53. The fourth-order valence-corrected chi connectivity index (χ4v) is 2.83. The van der Waals surface area contributed by atoms with Gasteiger partial charge in [0.2, 0.25) is 5.91 Å². The van der Waals surface area contributed by atoms with Crippen LogP contribution in [0.4, 0.5) is 0 Å². The zero-order chi connectivity index (χ0) is 12.6. The number of nitrogens with one attached hydrogen (secondary N) is 2. The fraction of sp³-hybridized carbons (Fsp3) is 0.929. The molecule has 1 atom stereocenters. The van der Waals surface area contributed by atoms with Gasteiger partial charge in [-0.25, -0.2) is 0 Å². The monoisotopic (exact) mass is 254 g/mol. The molecule has 104 valence electrons. The van der Waals surface area contributed by atoms with E-state index >= 15 is 0 Å². The molecule has 2 fully saturated rings. The van der Waals surface area contributed by atoms with E-state index in [0.29, 0.717) is 19.3 Å². The van der Waals surface area contributed by atoms with Crippen molar-refractivity contribution >= 4 is 5.91 Å². The molecule has 18 heavy (non-hydrogen) atoms. The summed E-state index contributed by atoms with van der Waals surface area (Å²) in [6, 6.07) is 0. The Labute approximate surface area is 110 Å². The molecule has 1 aliphatic heterocycles. The summed E-state index contributed by atoms with van der Waals surface area (Å²) in [6.45, 7) is 3.12. The predicted octanol–water partition coefficient (Wildman–Crippen LogP) is 1.45. The molecular formula is C14H26N2O2. The van der Waals surface area contributed by atoms with E-state index < -0.39 is 0 Å². The first-order valence-corrected chi connectivity index (χ1v) is 7.46. The molecule has 4 nitrogen and oxygen atoms in total. The van der Waals surface area contributed by atoms with Crippen LogP contribution in [0, 0.1) is 5.92 Å². The zero-order valence-electron chi connectivity index (χ0n) is 11.2. The molecule has 0 aromatic rings. The summed E-state index contributed by atoms with van der Waals surface area (Å²) in [6.07, 6.45) is 9.08. The van der Waals surface area contributed by atoms with Crippen molar-refractivity contribution in [1.82, 2.24) is 10.6 Å². The van der Waals surface area contributed by atoms with E-state index in [-0.39, 0.29) is 11.8 Å². The Hall–Kier alpha value is -0.610. The smallest absolute Gasteiger partial charge is 0.224 e. The van der Waals surface area contributed by atoms with E-state index in [1.807, 2.05) is 0 Å². The van der Waals surface area contributed by atoms with Crippen LogP contribution in [0.1, 0.15) is 44.9 Å². The maximum atomic E-state index is 11.7. The number of rotatable bonds is 5. The Morgan fingerprint density at radius 3 is 2.61 bits per heavy atom. The highest BCUT2D eigenvalue weighted by Gasteiger charge is 2.21. The van der Waals surface area contributed by atoms with E-state index in [4.69, 9.17) is 4.74 Å². The maximum absolute atomic E-state index is 11.7. The maximum Gasteiger partial charge on any atom is 0.224 e. The van der Waals surface area contributed by atoms with Crippen molar-refractivity contribution in [1.29, 1.82) is 0 Å². The number of hydrogen-bond acceptors (Lipinski definition) is 3. The topological polar surface area (TPSA) is 50.4 Å². The highest BCUT2D eigenvalue weighted by Crippen LogP contribution is 2.19. The molecule has 1 saturated carbocycles. The molecule has 4 heteroatoms. The Morgan fingerprint density at radius 1 is 1.17 bits per heavy atom. The lowest BCUT2D eigenvalue weighted by Gasteiger charge is -2.16. The van der Waals surface area contributed by atoms with Crippen LogP contribution >= 0.6 is 0 Å². The summed E-state index contributed by atoms with van der Waals surface area (Å²) < 4.78 is 5.85. The second-order valence-corrected chi connectivity index (χ2v) is 5.47. The van der Waals surface area contributed by atoms with Gasteiger partial charge in [0.05, 0.1) is 18.6 Å². The minimum atomic E-state index is 0.169. The average Bonchev–Trinajstić information content (AvgIpc) is 2.80. The van der Waals surface area contributed by atoms with Gasteiger partial charge in [0, 0.05) is 13.1 Å². The standard InChI is InChI=1S/C14H26N2O2/c17-14(12-7-8-15-11-12)16-9-10-18-13-5-3-1-2-4-6-13/h12-13,15H,1-11H2,(H,16,17)/t12-/m1/s1. The van der Waals surface area contributed by atoms with Crippen LogP contribution in [0.2, 0.25) is 0 Å². The van der Waals surface area contributed by atoms with Crippen LogP contribution in [-0.2, 0) is 9.53 Å². The quantitative estimate of drug-likeness (QED) is 0.577. The molecule has 0 bridgehead atoms. The lowest BCUT2D eigenvalue weighted by molar-refractivity contribution is -0.124. The summed E-state index contributed by atoms with van der Waals surface area (Å²) in [7, 11) is 0. The summed E-state index contributed by atoms with van der Waals surface area (Å²) in [4.78, 5) is 11.7. The second kappa shape index (κ2) is 7.74. The molecule has 1 heterocycles. The van der Waals surface area contributed by atoms with Crippen molar-refractivity contribution in [3.05, 3.63) is 0 Å². The lowest BCUT2D eigenvalue weighted by Crippen LogP contribution is -2.34. The molecule has 0 unspecified atom stereocenters. The van der Waals surface area contributed by atoms with E-state index in [0.717, 1.165) is 19.5 Å². The average molecular weight is 254 g/mol. The molecule has 0 radical (unpaired) electrons. The SMILES string of the molecule is O=C(NCCOC1CCCCCC1)[C@@H]1CCNC1. The highest BCUT2D eigenvalue weighted by atomic mass is 16.5. The van der Waals surface area contributed by atoms with Crippen molar-refractivity contribution in [2.24, 2.45) is 5.92 Å². The largest absolute Gasteiger partial charge is 0.376 e. The van der Waals surface area contributed by atoms with Gasteiger partial charge in [-0.1, -0.05) is 25.7 Å². The van der Waals surface area contributed by atoms with Gasteiger partial charge in [0.1, 0.15) is 0 Å². The Morgan fingerprint density at radius 2 is 1.94 bits per heavy atom. The van der Waals surface area contributed by atoms with Crippen LogP contribution < -0.4 is 10.6 Å². The molecule has 2 rings (SSSR count). The number of ether oxygens (including phenoxy) is 1. The Kier molecular flexibility index (Phi) is 5.94. The summed E-state index contributed by atoms with van der Waals surface area (Å²) in [5.74, 6) is 0.354. The van der Waals surface area contributed by atoms with Crippen LogP contribution in [0.3, 0.4) is 0 Å². The zero-order valence-corrected chi connectivity index (χ0v) is 11.2. The molecular weight excluding hydrogens is 228 g/mol. The molecule has 0 aromatic heterocycles. The number of amides is 1. The first-order valence-electron chi connectivity index (χ1n) is 7.46. The van der Waals surface area contributed by atoms with Gasteiger partial charge in [-0.15, -0.1) is 0 Å². The second-order valence-electron chi connectivity index (χ2n) is 5.47. The molecule has 1 saturated heterocycles. The minimum Gasteiger partial charge on any atom is -0.376 e. The molecule has 1 amide bonds. The molecule has 0 aromatic carbocycles. The highest BCUT2D eigenvalue weighted by molar-refractivity contribution is 5.79. The normalized spacial score (nSPS) is 25.9. The molecule has 2 N–H and O–H groups in total. The van der Waals surface area contributed by atoms with Gasteiger partial charge in [-0.2, -0.15) is 0 Å². The molecule has 2 aliphatic rings. The minimum absolute atomic E-state index is 0.169. The van der Waals surface area contributed by atoms with E-state index in [2.05, 4.69) is 10.6 Å². The first-order chi connectivity index (χ1) is 8.86. The van der Waals surface area contributed by atoms with Crippen LogP contribution in [-0.4, -0.2) is 38.3 Å². The number of carbonyl (C=O) groups excluding carboxylic acids is 1. The summed E-state index contributed by atoms with van der Waals surface area (Å²) >= 11 is 0. The van der Waals surface area contributed by atoms with Crippen molar-refractivity contribution in [3.8, 4) is 0 Å². The van der Waals surface area contributed by atoms with Gasteiger partial charge in [-0.05, 0) is 25.8 Å². The van der Waals surface area contributed by atoms with Gasteiger partial charge in [0.25, 0.3) is 0 Å². The van der Waals surface area contributed by atoms with Crippen LogP contribution in [0.15, 0.2) is 0 Å². The van der Waals surface area contributed by atoms with Gasteiger partial charge < -0.3 is 15.4 Å². The molecule has 0 spiro atoms. The number of carbonyl (C=O) groups is 1. The van der Waals surface area contributed by atoms with Crippen molar-refractivity contribution in [3.63, 3.8) is 0 Å². The summed E-state index contributed by atoms with van der Waals surface area (Å²) in [5, 5.41) is 6.19. The fourth-order valence-electron chi connectivity index (χ4n) is 2.83. The van der Waals surface area contributed by atoms with Crippen molar-refractivity contribution in [2.45, 2.75) is 51.0 Å². The third-order valence-corrected chi connectivity index (χ3v) is 3.99. The Bertz CT molecular complexity index is 244. The van der Waals surface area contributed by atoms with E-state index in [9.17, 15) is 4.79 Å². The molecule has 1 aliphatic carbocycles.